The molecule has 7 nitrogen and oxygen atoms in total. The summed E-state index contributed by atoms with van der Waals surface area (Å²) in [6.07, 6.45) is -0.392. The van der Waals surface area contributed by atoms with Crippen molar-refractivity contribution in [1.82, 2.24) is 5.32 Å². The van der Waals surface area contributed by atoms with Gasteiger partial charge in [-0.3, -0.25) is 4.57 Å². The molecule has 8 heteroatoms. The minimum absolute atomic E-state index is 0.168. The number of methoxy groups -OCH3 is 1. The van der Waals surface area contributed by atoms with E-state index in [-0.39, 0.29) is 19.2 Å². The van der Waals surface area contributed by atoms with E-state index < -0.39 is 25.5 Å². The van der Waals surface area contributed by atoms with Gasteiger partial charge in [0.1, 0.15) is 6.04 Å². The van der Waals surface area contributed by atoms with Gasteiger partial charge in [-0.2, -0.15) is 0 Å². The predicted octanol–water partition coefficient (Wildman–Crippen LogP) is 1.61. The van der Waals surface area contributed by atoms with Crippen molar-refractivity contribution in [1.29, 1.82) is 0 Å². The molecule has 0 saturated heterocycles. The van der Waals surface area contributed by atoms with E-state index in [4.69, 9.17) is 9.26 Å². The molecule has 0 saturated carbocycles. The topological polar surface area (TPSA) is 90.9 Å². The van der Waals surface area contributed by atoms with Crippen LogP contribution in [0.3, 0.4) is 0 Å². The van der Waals surface area contributed by atoms with Gasteiger partial charge in [-0.15, -0.1) is 0 Å². The van der Waals surface area contributed by atoms with Gasteiger partial charge < -0.3 is 19.3 Å². The van der Waals surface area contributed by atoms with Crippen molar-refractivity contribution in [3.8, 4) is 0 Å². The first-order valence-electron chi connectivity index (χ1n) is 6.08. The van der Waals surface area contributed by atoms with E-state index in [1.165, 1.54) is 13.8 Å². The molecule has 0 aliphatic carbocycles. The quantitative estimate of drug-likeness (QED) is 0.540. The van der Waals surface area contributed by atoms with Crippen LogP contribution in [-0.2, 0) is 23.4 Å². The molecule has 1 unspecified atom stereocenters. The average Bonchev–Trinajstić information content (AvgIpc) is 2.34. The number of esters is 1. The average molecular weight is 295 g/mol. The molecular weight excluding hydrogens is 273 g/mol. The van der Waals surface area contributed by atoms with Crippen molar-refractivity contribution < 1.29 is 28.2 Å². The zero-order chi connectivity index (χ0) is 14.9. The lowest BCUT2D eigenvalue weighted by Gasteiger charge is -2.18. The smallest absolute Gasteiger partial charge is 0.407 e. The Labute approximate surface area is 113 Å². The summed E-state index contributed by atoms with van der Waals surface area (Å²) >= 11 is 0. The number of alkyl carbamates (subject to hydrolysis) is 1. The molecule has 0 fully saturated rings. The van der Waals surface area contributed by atoms with Gasteiger partial charge >= 0.3 is 12.1 Å². The van der Waals surface area contributed by atoms with Crippen LogP contribution in [0.4, 0.5) is 4.79 Å². The molecule has 0 heterocycles. The number of ether oxygens (including phenoxy) is 2. The van der Waals surface area contributed by atoms with E-state index in [0.717, 1.165) is 0 Å². The second-order valence-corrected chi connectivity index (χ2v) is 6.62. The number of amides is 1. The Kier molecular flexibility index (Phi) is 8.43. The number of carbonyl (C=O) groups is 2. The highest BCUT2D eigenvalue weighted by Crippen LogP contribution is 2.43. The molecule has 0 aliphatic heterocycles. The van der Waals surface area contributed by atoms with Crippen molar-refractivity contribution in [3.63, 3.8) is 0 Å². The van der Waals surface area contributed by atoms with Gasteiger partial charge in [-0.1, -0.05) is 0 Å². The van der Waals surface area contributed by atoms with E-state index in [0.29, 0.717) is 6.61 Å². The van der Waals surface area contributed by atoms with Crippen LogP contribution in [0.2, 0.25) is 0 Å². The largest absolute Gasteiger partial charge is 0.464 e. The van der Waals surface area contributed by atoms with E-state index in [1.54, 1.807) is 13.8 Å². The monoisotopic (exact) mass is 295 g/mol. The minimum Gasteiger partial charge on any atom is -0.464 e. The lowest BCUT2D eigenvalue weighted by atomic mass is 10.2. The van der Waals surface area contributed by atoms with Crippen LogP contribution in [0, 0.1) is 0 Å². The van der Waals surface area contributed by atoms with Gasteiger partial charge in [0.15, 0.2) is 7.37 Å². The van der Waals surface area contributed by atoms with E-state index in [9.17, 15) is 14.2 Å². The summed E-state index contributed by atoms with van der Waals surface area (Å²) in [5.74, 6) is -0.579. The fraction of sp³-hybridized carbons (Fsp3) is 0.818. The Balaban J connectivity index is 4.54. The third-order valence-electron chi connectivity index (χ3n) is 2.27. The van der Waals surface area contributed by atoms with E-state index in [2.05, 4.69) is 10.1 Å². The van der Waals surface area contributed by atoms with E-state index >= 15 is 0 Å². The summed E-state index contributed by atoms with van der Waals surface area (Å²) < 4.78 is 26.3. The molecule has 0 aromatic rings. The fourth-order valence-corrected chi connectivity index (χ4v) is 2.80. The number of carbonyl (C=O) groups excluding carboxylic acids is 2. The lowest BCUT2D eigenvalue weighted by Crippen LogP contribution is -2.42. The summed E-state index contributed by atoms with van der Waals surface area (Å²) in [6.45, 7) is 5.44. The van der Waals surface area contributed by atoms with Gasteiger partial charge in [-0.25, -0.2) is 9.59 Å². The Morgan fingerprint density at radius 2 is 1.89 bits per heavy atom. The first kappa shape index (κ1) is 17.9. The van der Waals surface area contributed by atoms with Crippen LogP contribution < -0.4 is 5.32 Å². The maximum atomic E-state index is 11.9. The van der Waals surface area contributed by atoms with Crippen LogP contribution >= 0.6 is 7.37 Å². The SMILES string of the molecule is CCOC(=O)[C@H](CCP(C)(=O)OCC)NC(=O)OC. The molecule has 0 aromatic carbocycles. The summed E-state index contributed by atoms with van der Waals surface area (Å²) in [5, 5.41) is 2.35. The molecule has 1 amide bonds. The number of hydrogen-bond donors (Lipinski definition) is 1. The van der Waals surface area contributed by atoms with Crippen molar-refractivity contribution in [3.05, 3.63) is 0 Å². The highest BCUT2D eigenvalue weighted by Gasteiger charge is 2.26. The van der Waals surface area contributed by atoms with Crippen LogP contribution in [0.1, 0.15) is 20.3 Å². The number of nitrogens with one attached hydrogen (secondary N) is 1. The minimum atomic E-state index is -2.76. The van der Waals surface area contributed by atoms with Gasteiger partial charge in [0, 0.05) is 12.8 Å². The van der Waals surface area contributed by atoms with Gasteiger partial charge in [0.25, 0.3) is 0 Å². The zero-order valence-electron chi connectivity index (χ0n) is 11.8. The normalized spacial score (nSPS) is 15.2. The zero-order valence-corrected chi connectivity index (χ0v) is 12.7. The Bertz CT molecular complexity index is 346. The maximum Gasteiger partial charge on any atom is 0.407 e. The van der Waals surface area contributed by atoms with Crippen molar-refractivity contribution >= 4 is 19.4 Å². The standard InChI is InChI=1S/C11H22NO6P/c1-5-17-10(13)9(12-11(14)16-3)7-8-19(4,15)18-6-2/h9H,5-8H2,1-4H3,(H,12,14)/t9-,19?/m0/s1. The molecule has 19 heavy (non-hydrogen) atoms. The van der Waals surface area contributed by atoms with Crippen LogP contribution in [0.15, 0.2) is 0 Å². The number of hydrogen-bond acceptors (Lipinski definition) is 6. The van der Waals surface area contributed by atoms with Crippen molar-refractivity contribution in [2.24, 2.45) is 0 Å². The Morgan fingerprint density at radius 3 is 2.37 bits per heavy atom. The van der Waals surface area contributed by atoms with Crippen molar-refractivity contribution in [2.45, 2.75) is 26.3 Å². The molecule has 0 aromatic heterocycles. The molecule has 0 rings (SSSR count). The fourth-order valence-electron chi connectivity index (χ4n) is 1.39. The summed E-state index contributed by atoms with van der Waals surface area (Å²) in [7, 11) is -1.56. The second kappa shape index (κ2) is 8.93. The van der Waals surface area contributed by atoms with Crippen LogP contribution in [-0.4, -0.2) is 51.3 Å². The first-order chi connectivity index (χ1) is 8.86. The van der Waals surface area contributed by atoms with Gasteiger partial charge in [0.05, 0.1) is 20.3 Å². The molecular formula is C11H22NO6P. The van der Waals surface area contributed by atoms with Crippen molar-refractivity contribution in [2.75, 3.05) is 33.2 Å². The highest BCUT2D eigenvalue weighted by atomic mass is 31.2. The maximum absolute atomic E-state index is 11.9. The highest BCUT2D eigenvalue weighted by molar-refractivity contribution is 7.58. The Hall–Kier alpha value is -1.07. The molecule has 0 spiro atoms. The summed E-state index contributed by atoms with van der Waals surface area (Å²) in [6, 6.07) is -0.888. The van der Waals surface area contributed by atoms with Gasteiger partial charge in [-0.05, 0) is 20.3 Å². The first-order valence-corrected chi connectivity index (χ1v) is 8.34. The molecule has 0 aliphatic rings. The van der Waals surface area contributed by atoms with Crippen LogP contribution in [0.5, 0.6) is 0 Å². The molecule has 0 bridgehead atoms. The Morgan fingerprint density at radius 1 is 1.26 bits per heavy atom. The van der Waals surface area contributed by atoms with Gasteiger partial charge in [0.2, 0.25) is 0 Å². The second-order valence-electron chi connectivity index (χ2n) is 3.88. The summed E-state index contributed by atoms with van der Waals surface area (Å²) in [5.41, 5.74) is 0. The number of rotatable bonds is 8. The molecule has 1 N–H and O–H groups in total. The van der Waals surface area contributed by atoms with Crippen LogP contribution in [0.25, 0.3) is 0 Å². The van der Waals surface area contributed by atoms with E-state index in [1.807, 2.05) is 0 Å². The molecule has 112 valence electrons. The third kappa shape index (κ3) is 7.85. The predicted molar refractivity (Wildman–Crippen MR) is 70.6 cm³/mol. The lowest BCUT2D eigenvalue weighted by molar-refractivity contribution is -0.145. The summed E-state index contributed by atoms with van der Waals surface area (Å²) in [4.78, 5) is 22.8. The third-order valence-corrected chi connectivity index (χ3v) is 4.15. The molecule has 2 atom stereocenters. The molecule has 0 radical (unpaired) electrons.